The maximum atomic E-state index is 12.6. The molecule has 110 valence electrons. The van der Waals surface area contributed by atoms with Gasteiger partial charge in [0.15, 0.2) is 0 Å². The van der Waals surface area contributed by atoms with E-state index >= 15 is 0 Å². The van der Waals surface area contributed by atoms with E-state index in [1.807, 2.05) is 65.2 Å². The summed E-state index contributed by atoms with van der Waals surface area (Å²) < 4.78 is 1.98. The molecule has 1 N–H and O–H groups in total. The van der Waals surface area contributed by atoms with Gasteiger partial charge in [-0.3, -0.25) is 4.79 Å². The number of aromatic nitrogens is 1. The number of carbonyl (C=O) groups is 1. The Bertz CT molecular complexity index is 622. The molecule has 0 saturated carbocycles. The van der Waals surface area contributed by atoms with Crippen LogP contribution in [0, 0.1) is 0 Å². The first-order valence-electron chi connectivity index (χ1n) is 7.30. The van der Waals surface area contributed by atoms with Crippen LogP contribution in [0.5, 0.6) is 0 Å². The highest BCUT2D eigenvalue weighted by atomic mass is 16.3. The first-order chi connectivity index (χ1) is 10.1. The number of nitrogens with zero attached hydrogens (tertiary/aromatic N) is 2. The topological polar surface area (TPSA) is 45.5 Å². The van der Waals surface area contributed by atoms with Gasteiger partial charge in [0.25, 0.3) is 5.91 Å². The van der Waals surface area contributed by atoms with E-state index in [0.29, 0.717) is 31.5 Å². The molecule has 1 aromatic heterocycles. The number of likely N-dealkylation sites (tertiary alicyclic amines) is 1. The fourth-order valence-corrected chi connectivity index (χ4v) is 2.68. The molecule has 1 aliphatic heterocycles. The summed E-state index contributed by atoms with van der Waals surface area (Å²) in [5.74, 6) is 0.0412. The Hall–Kier alpha value is -2.07. The maximum Gasteiger partial charge on any atom is 0.253 e. The maximum absolute atomic E-state index is 12.6. The van der Waals surface area contributed by atoms with Crippen molar-refractivity contribution >= 4 is 5.91 Å². The minimum absolute atomic E-state index is 0.0412. The molecule has 0 radical (unpaired) electrons. The Morgan fingerprint density at radius 1 is 1.14 bits per heavy atom. The predicted octanol–water partition coefficient (Wildman–Crippen LogP) is 2.46. The van der Waals surface area contributed by atoms with Crippen molar-refractivity contribution in [3.8, 4) is 5.69 Å². The van der Waals surface area contributed by atoms with Gasteiger partial charge in [0, 0.05) is 36.7 Å². The molecule has 0 atom stereocenters. The number of piperidine rings is 1. The lowest BCUT2D eigenvalue weighted by molar-refractivity contribution is -0.00202. The van der Waals surface area contributed by atoms with E-state index in [1.54, 1.807) is 0 Å². The molecule has 4 nitrogen and oxygen atoms in total. The van der Waals surface area contributed by atoms with Crippen LogP contribution in [0.3, 0.4) is 0 Å². The lowest BCUT2D eigenvalue weighted by Crippen LogP contribution is -2.45. The monoisotopic (exact) mass is 284 g/mol. The number of benzene rings is 1. The zero-order chi connectivity index (χ0) is 14.9. The highest BCUT2D eigenvalue weighted by Crippen LogP contribution is 2.23. The molecule has 1 amide bonds. The fraction of sp³-hybridized carbons (Fsp3) is 0.353. The largest absolute Gasteiger partial charge is 0.390 e. The molecule has 0 aliphatic carbocycles. The minimum atomic E-state index is -0.635. The van der Waals surface area contributed by atoms with E-state index in [9.17, 15) is 9.90 Å². The van der Waals surface area contributed by atoms with Crippen LogP contribution in [0.25, 0.3) is 5.69 Å². The highest BCUT2D eigenvalue weighted by Gasteiger charge is 2.29. The smallest absolute Gasteiger partial charge is 0.253 e. The minimum Gasteiger partial charge on any atom is -0.390 e. The van der Waals surface area contributed by atoms with Crippen LogP contribution >= 0.6 is 0 Å². The summed E-state index contributed by atoms with van der Waals surface area (Å²) >= 11 is 0. The van der Waals surface area contributed by atoms with Crippen LogP contribution in [-0.4, -0.2) is 39.2 Å². The quantitative estimate of drug-likeness (QED) is 0.920. The van der Waals surface area contributed by atoms with Crippen molar-refractivity contribution in [2.24, 2.45) is 0 Å². The van der Waals surface area contributed by atoms with Gasteiger partial charge in [0.1, 0.15) is 0 Å². The van der Waals surface area contributed by atoms with E-state index in [2.05, 4.69) is 0 Å². The number of carbonyl (C=O) groups excluding carboxylic acids is 1. The van der Waals surface area contributed by atoms with Crippen LogP contribution in [0.4, 0.5) is 0 Å². The SMILES string of the molecule is CC1(O)CCN(C(=O)c2cccc(-n3cccc3)c2)CC1. The third-order valence-electron chi connectivity index (χ3n) is 4.12. The molecular formula is C17H20N2O2. The van der Waals surface area contributed by atoms with Crippen molar-refractivity contribution in [3.05, 3.63) is 54.4 Å². The lowest BCUT2D eigenvalue weighted by Gasteiger charge is -2.35. The van der Waals surface area contributed by atoms with Crippen molar-refractivity contribution < 1.29 is 9.90 Å². The van der Waals surface area contributed by atoms with Crippen molar-refractivity contribution in [1.29, 1.82) is 0 Å². The summed E-state index contributed by atoms with van der Waals surface area (Å²) in [5, 5.41) is 9.97. The zero-order valence-electron chi connectivity index (χ0n) is 12.2. The second kappa shape index (κ2) is 5.37. The summed E-state index contributed by atoms with van der Waals surface area (Å²) in [4.78, 5) is 14.4. The molecular weight excluding hydrogens is 264 g/mol. The van der Waals surface area contributed by atoms with Gasteiger partial charge in [-0.1, -0.05) is 6.07 Å². The Morgan fingerprint density at radius 2 is 1.81 bits per heavy atom. The highest BCUT2D eigenvalue weighted by molar-refractivity contribution is 5.94. The first kappa shape index (κ1) is 13.9. The molecule has 0 spiro atoms. The van der Waals surface area contributed by atoms with Crippen molar-refractivity contribution in [2.75, 3.05) is 13.1 Å². The van der Waals surface area contributed by atoms with E-state index in [1.165, 1.54) is 0 Å². The summed E-state index contributed by atoms with van der Waals surface area (Å²) in [6.07, 6.45) is 5.19. The summed E-state index contributed by atoms with van der Waals surface area (Å²) in [7, 11) is 0. The molecule has 1 aliphatic rings. The summed E-state index contributed by atoms with van der Waals surface area (Å²) in [6, 6.07) is 11.6. The number of hydrogen-bond acceptors (Lipinski definition) is 2. The van der Waals surface area contributed by atoms with Gasteiger partial charge in [-0.15, -0.1) is 0 Å². The Labute approximate surface area is 124 Å². The van der Waals surface area contributed by atoms with E-state index in [0.717, 1.165) is 5.69 Å². The van der Waals surface area contributed by atoms with E-state index in [-0.39, 0.29) is 5.91 Å². The number of rotatable bonds is 2. The molecule has 3 rings (SSSR count). The van der Waals surface area contributed by atoms with Gasteiger partial charge < -0.3 is 14.6 Å². The fourth-order valence-electron chi connectivity index (χ4n) is 2.68. The van der Waals surface area contributed by atoms with Gasteiger partial charge in [-0.2, -0.15) is 0 Å². The predicted molar refractivity (Wildman–Crippen MR) is 81.5 cm³/mol. The van der Waals surface area contributed by atoms with Gasteiger partial charge in [-0.05, 0) is 50.1 Å². The van der Waals surface area contributed by atoms with Crippen LogP contribution in [0.1, 0.15) is 30.1 Å². The lowest BCUT2D eigenvalue weighted by atomic mass is 9.93. The third-order valence-corrected chi connectivity index (χ3v) is 4.12. The average molecular weight is 284 g/mol. The Balaban J connectivity index is 1.78. The standard InChI is InChI=1S/C17H20N2O2/c1-17(21)7-11-19(12-8-17)16(20)14-5-4-6-15(13-14)18-9-2-3-10-18/h2-6,9-10,13,21H,7-8,11-12H2,1H3. The molecule has 1 saturated heterocycles. The van der Waals surface area contributed by atoms with Crippen molar-refractivity contribution in [2.45, 2.75) is 25.4 Å². The summed E-state index contributed by atoms with van der Waals surface area (Å²) in [6.45, 7) is 3.06. The molecule has 0 unspecified atom stereocenters. The molecule has 2 heterocycles. The van der Waals surface area contributed by atoms with Crippen LogP contribution in [0.2, 0.25) is 0 Å². The van der Waals surface area contributed by atoms with Gasteiger partial charge in [0.2, 0.25) is 0 Å². The van der Waals surface area contributed by atoms with Crippen molar-refractivity contribution in [1.82, 2.24) is 9.47 Å². The first-order valence-corrected chi connectivity index (χ1v) is 7.30. The molecule has 2 aromatic rings. The average Bonchev–Trinajstić information content (AvgIpc) is 3.01. The van der Waals surface area contributed by atoms with Gasteiger partial charge in [0.05, 0.1) is 5.60 Å². The summed E-state index contributed by atoms with van der Waals surface area (Å²) in [5.41, 5.74) is 1.04. The molecule has 4 heteroatoms. The van der Waals surface area contributed by atoms with Gasteiger partial charge >= 0.3 is 0 Å². The van der Waals surface area contributed by atoms with Gasteiger partial charge in [-0.25, -0.2) is 0 Å². The molecule has 0 bridgehead atoms. The zero-order valence-corrected chi connectivity index (χ0v) is 12.2. The molecule has 1 fully saturated rings. The molecule has 1 aromatic carbocycles. The normalized spacial score (nSPS) is 17.7. The van der Waals surface area contributed by atoms with E-state index in [4.69, 9.17) is 0 Å². The molecule has 21 heavy (non-hydrogen) atoms. The van der Waals surface area contributed by atoms with E-state index < -0.39 is 5.60 Å². The number of amides is 1. The van der Waals surface area contributed by atoms with Crippen LogP contribution in [-0.2, 0) is 0 Å². The third kappa shape index (κ3) is 3.00. The number of hydrogen-bond donors (Lipinski definition) is 1. The Morgan fingerprint density at radius 3 is 2.48 bits per heavy atom. The second-order valence-electron chi connectivity index (χ2n) is 5.93. The van der Waals surface area contributed by atoms with Crippen LogP contribution < -0.4 is 0 Å². The Kier molecular flexibility index (Phi) is 3.55. The van der Waals surface area contributed by atoms with Crippen LogP contribution in [0.15, 0.2) is 48.8 Å². The van der Waals surface area contributed by atoms with Crippen molar-refractivity contribution in [3.63, 3.8) is 0 Å². The second-order valence-corrected chi connectivity index (χ2v) is 5.93. The number of aliphatic hydroxyl groups is 1.